The number of aryl methyl sites for hydroxylation is 2. The summed E-state index contributed by atoms with van der Waals surface area (Å²) in [6, 6.07) is 25.2. The van der Waals surface area contributed by atoms with Crippen LogP contribution in [0.2, 0.25) is 0 Å². The number of aromatic nitrogens is 8. The number of rotatable bonds is 4. The quantitative estimate of drug-likeness (QED) is 0.191. The van der Waals surface area contributed by atoms with Gasteiger partial charge in [0.05, 0.1) is 22.8 Å². The maximum Gasteiger partial charge on any atom is 0.169 e. The van der Waals surface area contributed by atoms with E-state index in [1.165, 1.54) is 0 Å². The van der Waals surface area contributed by atoms with E-state index in [2.05, 4.69) is 118 Å². The van der Waals surface area contributed by atoms with Crippen LogP contribution in [0, 0.1) is 0 Å². The van der Waals surface area contributed by atoms with Gasteiger partial charge in [-0.25, -0.2) is 19.1 Å². The first-order chi connectivity index (χ1) is 24.6. The summed E-state index contributed by atoms with van der Waals surface area (Å²) < 4.78 is 4.08. The zero-order valence-electron chi connectivity index (χ0n) is 27.5. The Kier molecular flexibility index (Phi) is 7.05. The standard InChI is InChI=1S/C42H31N8/c1-49-23-15-29(16-24-49)41-35-7-3-31(45-35)39(27-11-19-43-20-12-27)33-5-9-37(47-33)42(30-17-25-50(2)26-18-30)38-10-6-34(48-38)40(28-13-21-44-22-14-28)32-4-8-36(41)46-32/h3-26H,1-2H3,(H,45,46,47,48)/q+1/p+1. The molecule has 8 nitrogen and oxygen atoms in total. The van der Waals surface area contributed by atoms with Gasteiger partial charge in [0.1, 0.15) is 14.1 Å². The fourth-order valence-corrected chi connectivity index (χ4v) is 6.79. The number of fused-ring (bicyclic) bond motifs is 8. The summed E-state index contributed by atoms with van der Waals surface area (Å²) in [5.74, 6) is 0. The van der Waals surface area contributed by atoms with Crippen molar-refractivity contribution in [1.29, 1.82) is 0 Å². The van der Waals surface area contributed by atoms with Crippen LogP contribution in [0.15, 0.2) is 122 Å². The molecule has 50 heavy (non-hydrogen) atoms. The number of hydrogen-bond acceptors (Lipinski definition) is 4. The van der Waals surface area contributed by atoms with Gasteiger partial charge in [0.2, 0.25) is 0 Å². The third-order valence-electron chi connectivity index (χ3n) is 9.23. The smallest absolute Gasteiger partial charge is 0.169 e. The Bertz CT molecular complexity index is 2450. The van der Waals surface area contributed by atoms with Crippen molar-refractivity contribution >= 4 is 46.4 Å². The van der Waals surface area contributed by atoms with Gasteiger partial charge in [0.25, 0.3) is 0 Å². The van der Waals surface area contributed by atoms with Crippen LogP contribution in [0.4, 0.5) is 0 Å². The second kappa shape index (κ2) is 12.0. The summed E-state index contributed by atoms with van der Waals surface area (Å²) >= 11 is 0. The molecule has 2 aliphatic heterocycles. The van der Waals surface area contributed by atoms with Crippen LogP contribution in [0.1, 0.15) is 22.8 Å². The summed E-state index contributed by atoms with van der Waals surface area (Å²) in [5.41, 5.74) is 15.5. The minimum absolute atomic E-state index is 0.864. The zero-order valence-corrected chi connectivity index (χ0v) is 27.5. The molecule has 0 aromatic carbocycles. The molecule has 0 radical (unpaired) electrons. The van der Waals surface area contributed by atoms with Crippen LogP contribution in [-0.2, 0) is 14.1 Å². The van der Waals surface area contributed by atoms with Crippen molar-refractivity contribution in [3.63, 3.8) is 0 Å². The Labute approximate surface area is 288 Å². The predicted octanol–water partition coefficient (Wildman–Crippen LogP) is 7.76. The first-order valence-electron chi connectivity index (χ1n) is 16.5. The maximum atomic E-state index is 5.34. The van der Waals surface area contributed by atoms with E-state index >= 15 is 0 Å². The van der Waals surface area contributed by atoms with E-state index in [0.29, 0.717) is 0 Å². The molecule has 0 unspecified atom stereocenters. The number of nitrogens with zero attached hydrogens (tertiary/aromatic N) is 6. The van der Waals surface area contributed by atoms with E-state index in [-0.39, 0.29) is 0 Å². The van der Waals surface area contributed by atoms with Gasteiger partial charge in [-0.15, -0.1) is 0 Å². The van der Waals surface area contributed by atoms with Crippen LogP contribution in [0.25, 0.3) is 90.9 Å². The van der Waals surface area contributed by atoms with Gasteiger partial charge >= 0.3 is 0 Å². The van der Waals surface area contributed by atoms with Gasteiger partial charge in [-0.3, -0.25) is 9.97 Å². The summed E-state index contributed by atoms with van der Waals surface area (Å²) in [5, 5.41) is 0. The van der Waals surface area contributed by atoms with Crippen molar-refractivity contribution in [3.8, 4) is 44.5 Å². The molecule has 7 aromatic rings. The summed E-state index contributed by atoms with van der Waals surface area (Å²) in [6.07, 6.45) is 24.0. The molecule has 0 spiro atoms. The molecular weight excluding hydrogens is 617 g/mol. The van der Waals surface area contributed by atoms with Gasteiger partial charge in [-0.2, -0.15) is 0 Å². The highest BCUT2D eigenvalue weighted by molar-refractivity contribution is 5.99. The molecule has 7 aromatic heterocycles. The highest BCUT2D eigenvalue weighted by Gasteiger charge is 2.19. The highest BCUT2D eigenvalue weighted by Crippen LogP contribution is 2.37. The molecule has 8 bridgehead atoms. The minimum Gasteiger partial charge on any atom is -0.354 e. The van der Waals surface area contributed by atoms with Crippen molar-refractivity contribution in [1.82, 2.24) is 29.9 Å². The Hall–Kier alpha value is -6.80. The first kappa shape index (κ1) is 29.3. The topological polar surface area (TPSA) is 90.9 Å². The van der Waals surface area contributed by atoms with Gasteiger partial charge in [0.15, 0.2) is 24.8 Å². The summed E-state index contributed by atoms with van der Waals surface area (Å²) in [4.78, 5) is 26.9. The van der Waals surface area contributed by atoms with Crippen molar-refractivity contribution in [3.05, 3.63) is 145 Å². The maximum absolute atomic E-state index is 5.34. The van der Waals surface area contributed by atoms with Crippen molar-refractivity contribution in [2.45, 2.75) is 0 Å². The second-order valence-corrected chi connectivity index (χ2v) is 12.5. The largest absolute Gasteiger partial charge is 0.354 e. The van der Waals surface area contributed by atoms with E-state index < -0.39 is 0 Å². The molecule has 0 amide bonds. The monoisotopic (exact) mass is 648 g/mol. The summed E-state index contributed by atoms with van der Waals surface area (Å²) in [6.45, 7) is 0. The molecule has 0 saturated carbocycles. The van der Waals surface area contributed by atoms with Crippen LogP contribution < -0.4 is 9.13 Å². The lowest BCUT2D eigenvalue weighted by atomic mass is 10.0. The van der Waals surface area contributed by atoms with E-state index in [4.69, 9.17) is 9.97 Å². The Morgan fingerprint density at radius 1 is 0.380 bits per heavy atom. The Balaban J connectivity index is 1.47. The van der Waals surface area contributed by atoms with Crippen molar-refractivity contribution < 1.29 is 9.13 Å². The fourth-order valence-electron chi connectivity index (χ4n) is 6.79. The lowest BCUT2D eigenvalue weighted by Gasteiger charge is -2.06. The number of pyridine rings is 4. The Morgan fingerprint density at radius 3 is 0.960 bits per heavy atom. The molecule has 0 saturated heterocycles. The van der Waals surface area contributed by atoms with Crippen LogP contribution in [-0.4, -0.2) is 29.9 Å². The summed E-state index contributed by atoms with van der Waals surface area (Å²) in [7, 11) is 4.05. The van der Waals surface area contributed by atoms with Gasteiger partial charge in [0, 0.05) is 93.4 Å². The lowest BCUT2D eigenvalue weighted by Crippen LogP contribution is -2.25. The molecule has 0 aliphatic carbocycles. The predicted molar refractivity (Wildman–Crippen MR) is 199 cm³/mol. The van der Waals surface area contributed by atoms with Gasteiger partial charge in [-0.1, -0.05) is 0 Å². The van der Waals surface area contributed by atoms with Crippen LogP contribution in [0.5, 0.6) is 0 Å². The molecule has 238 valence electrons. The number of aromatic amines is 2. The fraction of sp³-hybridized carbons (Fsp3) is 0.0476. The molecule has 2 N–H and O–H groups in total. The van der Waals surface area contributed by atoms with Crippen molar-refractivity contribution in [2.24, 2.45) is 14.1 Å². The highest BCUT2D eigenvalue weighted by atomic mass is 14.9. The van der Waals surface area contributed by atoms with Crippen LogP contribution in [0.3, 0.4) is 0 Å². The zero-order chi connectivity index (χ0) is 33.6. The number of H-pyrrole nitrogens is 2. The average Bonchev–Trinajstić information content (AvgIpc) is 3.98. The number of nitrogens with one attached hydrogen (secondary N) is 2. The van der Waals surface area contributed by atoms with Gasteiger partial charge in [-0.05, 0) is 95.1 Å². The lowest BCUT2D eigenvalue weighted by molar-refractivity contribution is -0.671. The third-order valence-corrected chi connectivity index (χ3v) is 9.23. The molecule has 0 fully saturated rings. The number of hydrogen-bond donors (Lipinski definition) is 2. The SMILES string of the molecule is C[n+]1ccc(-c2c3nc(c(-c4ccncc4)c4ccc([nH]4)c(-c4cc[n+](C)cc4)c4nc(c(-c5ccncc5)c5ccc2[nH]5)C=C4)C=C3)cc1. The second-order valence-electron chi connectivity index (χ2n) is 12.5. The average molecular weight is 649 g/mol. The molecule has 8 heteroatoms. The molecule has 0 atom stereocenters. The normalized spacial score (nSPS) is 12.0. The van der Waals surface area contributed by atoms with Crippen molar-refractivity contribution in [2.75, 3.05) is 0 Å². The third kappa shape index (κ3) is 5.20. The van der Waals surface area contributed by atoms with E-state index in [9.17, 15) is 0 Å². The first-order valence-corrected chi connectivity index (χ1v) is 16.5. The van der Waals surface area contributed by atoms with E-state index in [1.807, 2.05) is 72.3 Å². The van der Waals surface area contributed by atoms with E-state index in [1.54, 1.807) is 0 Å². The molecule has 9 rings (SSSR count). The minimum atomic E-state index is 0.864. The molecular formula is C42H32N8+2. The van der Waals surface area contributed by atoms with E-state index in [0.717, 1.165) is 89.4 Å². The van der Waals surface area contributed by atoms with Gasteiger partial charge < -0.3 is 9.97 Å². The Morgan fingerprint density at radius 2 is 0.660 bits per heavy atom. The molecule has 2 aliphatic rings. The van der Waals surface area contributed by atoms with Crippen LogP contribution >= 0.6 is 0 Å². The molecule has 9 heterocycles.